The molecule has 0 unspecified atom stereocenters. The molecule has 0 atom stereocenters. The Morgan fingerprint density at radius 2 is 1.12 bits per heavy atom. The van der Waals surface area contributed by atoms with Gasteiger partial charge in [-0.15, -0.1) is 0 Å². The van der Waals surface area contributed by atoms with Gasteiger partial charge in [0.15, 0.2) is 0 Å². The van der Waals surface area contributed by atoms with E-state index in [4.69, 9.17) is 9.97 Å². The Kier molecular flexibility index (Phi) is 4.30. The molecule has 186 valence electrons. The third kappa shape index (κ3) is 2.79. The largest absolute Gasteiger partial charge is 0.307 e. The molecule has 0 aliphatic heterocycles. The van der Waals surface area contributed by atoms with Crippen molar-refractivity contribution in [1.29, 1.82) is 0 Å². The summed E-state index contributed by atoms with van der Waals surface area (Å²) in [6.45, 7) is 0. The van der Waals surface area contributed by atoms with Crippen molar-refractivity contribution in [3.63, 3.8) is 0 Å². The molecule has 0 N–H and O–H groups in total. The SMILES string of the molecule is c1ccc(-n2c3ccccc3c3c4cccnc4c4c5ccccc5n(-c5ccc6ccccc6n5)c4c32)cc1. The summed E-state index contributed by atoms with van der Waals surface area (Å²) < 4.78 is 4.75. The Morgan fingerprint density at radius 3 is 1.98 bits per heavy atom. The minimum absolute atomic E-state index is 0.895. The van der Waals surface area contributed by atoms with E-state index >= 15 is 0 Å². The molecule has 0 spiro atoms. The average molecular weight is 511 g/mol. The van der Waals surface area contributed by atoms with Crippen LogP contribution in [-0.2, 0) is 0 Å². The molecule has 4 aromatic heterocycles. The lowest BCUT2D eigenvalue weighted by Gasteiger charge is -2.13. The van der Waals surface area contributed by atoms with Gasteiger partial charge in [0.2, 0.25) is 0 Å². The Labute approximate surface area is 229 Å². The first-order valence-corrected chi connectivity index (χ1v) is 13.5. The van der Waals surface area contributed by atoms with Crippen molar-refractivity contribution >= 4 is 65.4 Å². The zero-order chi connectivity index (χ0) is 26.2. The zero-order valence-electron chi connectivity index (χ0n) is 21.5. The van der Waals surface area contributed by atoms with Crippen molar-refractivity contribution < 1.29 is 0 Å². The molecule has 0 aliphatic carbocycles. The number of hydrogen-bond donors (Lipinski definition) is 0. The normalized spacial score (nSPS) is 12.0. The minimum Gasteiger partial charge on any atom is -0.307 e. The highest BCUT2D eigenvalue weighted by molar-refractivity contribution is 6.35. The molecule has 9 aromatic rings. The molecular formula is C36H22N4. The maximum Gasteiger partial charge on any atom is 0.138 e. The van der Waals surface area contributed by atoms with Crippen LogP contribution in [0.15, 0.2) is 134 Å². The molecule has 0 radical (unpaired) electrons. The monoisotopic (exact) mass is 510 g/mol. The molecule has 40 heavy (non-hydrogen) atoms. The first kappa shape index (κ1) is 21.5. The maximum absolute atomic E-state index is 5.19. The van der Waals surface area contributed by atoms with Gasteiger partial charge in [0.05, 0.1) is 33.1 Å². The number of benzene rings is 5. The van der Waals surface area contributed by atoms with Crippen molar-refractivity contribution in [3.8, 4) is 11.5 Å². The van der Waals surface area contributed by atoms with E-state index < -0.39 is 0 Å². The van der Waals surface area contributed by atoms with Crippen molar-refractivity contribution in [3.05, 3.63) is 134 Å². The Balaban J connectivity index is 1.63. The van der Waals surface area contributed by atoms with E-state index in [1.807, 2.05) is 18.3 Å². The van der Waals surface area contributed by atoms with Crippen molar-refractivity contribution in [2.24, 2.45) is 0 Å². The van der Waals surface area contributed by atoms with E-state index in [1.54, 1.807) is 0 Å². The van der Waals surface area contributed by atoms with Crippen LogP contribution in [0.4, 0.5) is 0 Å². The van der Waals surface area contributed by atoms with Gasteiger partial charge in [0.1, 0.15) is 5.82 Å². The standard InChI is InChI=1S/C36H22N4/c1-2-12-24(13-3-1)39-29-18-8-5-14-25(29)32-27-16-10-22-37-34(27)33-26-15-6-9-19-30(26)40(36(33)35(32)39)31-21-20-23-11-4-7-17-28(23)38-31/h1-22H. The molecule has 0 saturated heterocycles. The molecule has 5 aromatic carbocycles. The maximum atomic E-state index is 5.19. The lowest BCUT2D eigenvalue weighted by Crippen LogP contribution is -2.01. The van der Waals surface area contributed by atoms with Gasteiger partial charge >= 0.3 is 0 Å². The Bertz CT molecular complexity index is 2430. The molecule has 0 bridgehead atoms. The van der Waals surface area contributed by atoms with Crippen molar-refractivity contribution in [2.75, 3.05) is 0 Å². The van der Waals surface area contributed by atoms with Gasteiger partial charge in [-0.1, -0.05) is 78.9 Å². The van der Waals surface area contributed by atoms with Crippen LogP contribution in [0.3, 0.4) is 0 Å². The predicted octanol–water partition coefficient (Wildman–Crippen LogP) is 8.98. The van der Waals surface area contributed by atoms with Gasteiger partial charge in [0.25, 0.3) is 0 Å². The highest BCUT2D eigenvalue weighted by Crippen LogP contribution is 2.45. The van der Waals surface area contributed by atoms with Crippen LogP contribution >= 0.6 is 0 Å². The van der Waals surface area contributed by atoms with Crippen LogP contribution in [0.25, 0.3) is 76.9 Å². The smallest absolute Gasteiger partial charge is 0.138 e. The van der Waals surface area contributed by atoms with Gasteiger partial charge in [-0.25, -0.2) is 4.98 Å². The topological polar surface area (TPSA) is 35.6 Å². The molecule has 0 amide bonds. The fourth-order valence-corrected chi connectivity index (χ4v) is 6.51. The lowest BCUT2D eigenvalue weighted by molar-refractivity contribution is 1.10. The molecular weight excluding hydrogens is 488 g/mol. The number of fused-ring (bicyclic) bond motifs is 11. The number of nitrogens with zero attached hydrogens (tertiary/aromatic N) is 4. The highest BCUT2D eigenvalue weighted by atomic mass is 15.1. The first-order chi connectivity index (χ1) is 19.9. The van der Waals surface area contributed by atoms with Gasteiger partial charge in [-0.3, -0.25) is 9.55 Å². The van der Waals surface area contributed by atoms with Crippen molar-refractivity contribution in [2.45, 2.75) is 0 Å². The van der Waals surface area contributed by atoms with E-state index in [-0.39, 0.29) is 0 Å². The fraction of sp³-hybridized carbons (Fsp3) is 0. The van der Waals surface area contributed by atoms with E-state index in [9.17, 15) is 0 Å². The Hall–Kier alpha value is -5.48. The van der Waals surface area contributed by atoms with Crippen LogP contribution in [0.1, 0.15) is 0 Å². The van der Waals surface area contributed by atoms with Crippen LogP contribution in [0.5, 0.6) is 0 Å². The van der Waals surface area contributed by atoms with Crippen LogP contribution in [-0.4, -0.2) is 19.1 Å². The van der Waals surface area contributed by atoms with E-state index in [2.05, 4.69) is 124 Å². The number of aromatic nitrogens is 4. The van der Waals surface area contributed by atoms with Gasteiger partial charge in [-0.05, 0) is 48.5 Å². The number of para-hydroxylation sites is 4. The summed E-state index contributed by atoms with van der Waals surface area (Å²) in [7, 11) is 0. The van der Waals surface area contributed by atoms with Crippen LogP contribution in [0, 0.1) is 0 Å². The first-order valence-electron chi connectivity index (χ1n) is 13.5. The molecule has 0 saturated carbocycles. The van der Waals surface area contributed by atoms with Gasteiger partial charge in [0, 0.05) is 44.2 Å². The van der Waals surface area contributed by atoms with E-state index in [1.165, 1.54) is 21.7 Å². The highest BCUT2D eigenvalue weighted by Gasteiger charge is 2.25. The second-order valence-corrected chi connectivity index (χ2v) is 10.2. The molecule has 4 heterocycles. The molecule has 9 rings (SSSR count). The summed E-state index contributed by atoms with van der Waals surface area (Å²) >= 11 is 0. The summed E-state index contributed by atoms with van der Waals surface area (Å²) in [5, 5.41) is 7.02. The van der Waals surface area contributed by atoms with E-state index in [0.717, 1.165) is 55.2 Å². The summed E-state index contributed by atoms with van der Waals surface area (Å²) in [5.41, 5.74) is 7.68. The lowest BCUT2D eigenvalue weighted by atomic mass is 10.0. The number of rotatable bonds is 2. The molecule has 4 nitrogen and oxygen atoms in total. The average Bonchev–Trinajstić information content (AvgIpc) is 3.55. The fourth-order valence-electron chi connectivity index (χ4n) is 6.51. The Morgan fingerprint density at radius 1 is 0.475 bits per heavy atom. The second kappa shape index (κ2) is 8.01. The number of hydrogen-bond acceptors (Lipinski definition) is 2. The van der Waals surface area contributed by atoms with Crippen LogP contribution in [0.2, 0.25) is 0 Å². The van der Waals surface area contributed by atoms with Crippen molar-refractivity contribution in [1.82, 2.24) is 19.1 Å². The summed E-state index contributed by atoms with van der Waals surface area (Å²) in [4.78, 5) is 10.2. The third-order valence-electron chi connectivity index (χ3n) is 8.11. The van der Waals surface area contributed by atoms with Gasteiger partial charge < -0.3 is 4.57 Å². The quantitative estimate of drug-likeness (QED) is 0.233. The third-order valence-corrected chi connectivity index (χ3v) is 8.11. The molecule has 4 heteroatoms. The van der Waals surface area contributed by atoms with Gasteiger partial charge in [-0.2, -0.15) is 0 Å². The minimum atomic E-state index is 0.895. The van der Waals surface area contributed by atoms with E-state index in [0.29, 0.717) is 0 Å². The zero-order valence-corrected chi connectivity index (χ0v) is 21.5. The summed E-state index contributed by atoms with van der Waals surface area (Å²) in [6, 6.07) is 44.9. The van der Waals surface area contributed by atoms with Crippen LogP contribution < -0.4 is 0 Å². The number of pyridine rings is 2. The molecule has 0 fully saturated rings. The molecule has 0 aliphatic rings. The predicted molar refractivity (Wildman–Crippen MR) is 166 cm³/mol. The second-order valence-electron chi connectivity index (χ2n) is 10.2. The summed E-state index contributed by atoms with van der Waals surface area (Å²) in [6.07, 6.45) is 1.91. The summed E-state index contributed by atoms with van der Waals surface area (Å²) in [5.74, 6) is 0.895.